The molecule has 0 saturated heterocycles. The average molecular weight is 647 g/mol. The molecule has 1 amide bonds. The Morgan fingerprint density at radius 2 is 1.52 bits per heavy atom. The van der Waals surface area contributed by atoms with Crippen LogP contribution >= 0.6 is 0 Å². The van der Waals surface area contributed by atoms with Gasteiger partial charge in [-0.05, 0) is 84.9 Å². The first-order valence-electron chi connectivity index (χ1n) is 15.4. The van der Waals surface area contributed by atoms with Crippen molar-refractivity contribution in [1.29, 1.82) is 0 Å². The zero-order chi connectivity index (χ0) is 33.9. The lowest BCUT2D eigenvalue weighted by molar-refractivity contribution is -0.462. The molecule has 0 aromatic heterocycles. The maximum atomic E-state index is 12.3. The van der Waals surface area contributed by atoms with E-state index in [2.05, 4.69) is 105 Å². The van der Waals surface area contributed by atoms with Crippen LogP contribution in [0.5, 0.6) is 0 Å². The van der Waals surface area contributed by atoms with Crippen molar-refractivity contribution in [1.82, 2.24) is 5.32 Å². The maximum Gasteiger partial charge on any atom is 0.220 e. The van der Waals surface area contributed by atoms with Gasteiger partial charge in [0.15, 0.2) is 11.5 Å². The highest BCUT2D eigenvalue weighted by Crippen LogP contribution is 2.27. The van der Waals surface area contributed by atoms with Crippen molar-refractivity contribution in [3.8, 4) is 0 Å². The molecule has 1 N–H and O–H groups in total. The third-order valence-electron chi connectivity index (χ3n) is 7.80. The molecule has 1 aliphatic carbocycles. The summed E-state index contributed by atoms with van der Waals surface area (Å²) in [4.78, 5) is 28.2. The Hall–Kier alpha value is -4.28. The molecular weight excluding hydrogens is 600 g/mol. The van der Waals surface area contributed by atoms with E-state index in [1.54, 1.807) is 0 Å². The molecule has 1 atom stereocenters. The summed E-state index contributed by atoms with van der Waals surface area (Å²) < 4.78 is 34.7. The van der Waals surface area contributed by atoms with Crippen LogP contribution in [0.4, 0.5) is 11.4 Å². The maximum absolute atomic E-state index is 12.3. The number of hydrogen-bond acceptors (Lipinski definition) is 7. The van der Waals surface area contributed by atoms with Crippen molar-refractivity contribution in [2.75, 3.05) is 57.3 Å². The second-order valence-corrected chi connectivity index (χ2v) is 13.4. The number of carbonyl (C=O) groups is 2. The van der Waals surface area contributed by atoms with Crippen LogP contribution in [0.1, 0.15) is 43.7 Å². The quantitative estimate of drug-likeness (QED) is 0.170. The minimum atomic E-state index is -4.45. The molecule has 1 aliphatic rings. The molecule has 0 bridgehead atoms. The Morgan fingerprint density at radius 1 is 0.913 bits per heavy atom. The van der Waals surface area contributed by atoms with Crippen molar-refractivity contribution in [2.24, 2.45) is 0 Å². The van der Waals surface area contributed by atoms with Gasteiger partial charge in [-0.3, -0.25) is 9.59 Å². The number of nitrogens with zero attached hydrogens (tertiary/aromatic N) is 3. The molecule has 0 fully saturated rings. The van der Waals surface area contributed by atoms with E-state index < -0.39 is 21.9 Å². The summed E-state index contributed by atoms with van der Waals surface area (Å²) in [5.41, 5.74) is 7.82. The average Bonchev–Trinajstić information content (AvgIpc) is 3.01. The number of rotatable bonds is 15. The van der Waals surface area contributed by atoms with Gasteiger partial charge in [-0.1, -0.05) is 36.4 Å². The van der Waals surface area contributed by atoms with Gasteiger partial charge in [0.1, 0.15) is 14.1 Å². The number of allylic oxidation sites excluding steroid dienone is 7. The fraction of sp³-hybridized carbons (Fsp3) is 0.361. The second kappa shape index (κ2) is 16.9. The highest BCUT2D eigenvalue weighted by molar-refractivity contribution is 7.85. The van der Waals surface area contributed by atoms with E-state index in [4.69, 9.17) is 0 Å². The van der Waals surface area contributed by atoms with Crippen LogP contribution in [-0.4, -0.2) is 88.5 Å². The zero-order valence-electron chi connectivity index (χ0n) is 27.7. The fourth-order valence-electron chi connectivity index (χ4n) is 4.93. The van der Waals surface area contributed by atoms with Gasteiger partial charge < -0.3 is 19.7 Å². The Morgan fingerprint density at radius 3 is 2.07 bits per heavy atom. The largest absolute Gasteiger partial charge is 0.748 e. The van der Waals surface area contributed by atoms with Gasteiger partial charge in [-0.2, -0.15) is 0 Å². The van der Waals surface area contributed by atoms with Gasteiger partial charge in [0.05, 0.1) is 16.2 Å². The molecule has 3 rings (SSSR count). The van der Waals surface area contributed by atoms with Gasteiger partial charge in [-0.25, -0.2) is 13.0 Å². The SMILES string of the molecule is CC(=O)C(CCS(=O)(=O)[O-])NC(=O)CCCCN(C)c1ccc(/C=C/C(=C2C=CC(=[N+](C)C)C=C2)c2ccc(N(C)C)cc2)cc1. The van der Waals surface area contributed by atoms with E-state index in [-0.39, 0.29) is 24.5 Å². The first-order valence-corrected chi connectivity index (χ1v) is 17.0. The standard InChI is InChI=1S/C36H46N4O5S/c1-27(41)35(24-26-46(43,44)45)37-36(42)9-7-8-25-40(6)33-17-10-28(11-18-33)12-23-34(29-13-19-31(20-14-29)38(2)3)30-15-21-32(22-16-30)39(4)5/h10-23,35H,7-9,24-26H2,1-6H3,(H-,37,42,43,44,45). The number of anilines is 2. The smallest absolute Gasteiger partial charge is 0.220 e. The summed E-state index contributed by atoms with van der Waals surface area (Å²) in [6.45, 7) is 2.00. The van der Waals surface area contributed by atoms with Crippen LogP contribution in [0, 0.1) is 0 Å². The Balaban J connectivity index is 1.61. The molecule has 9 nitrogen and oxygen atoms in total. The summed E-state index contributed by atoms with van der Waals surface area (Å²) in [7, 11) is 5.68. The van der Waals surface area contributed by atoms with E-state index in [9.17, 15) is 22.6 Å². The van der Waals surface area contributed by atoms with Crippen molar-refractivity contribution < 1.29 is 27.1 Å². The molecular formula is C36H46N4O5S. The van der Waals surface area contributed by atoms with Crippen molar-refractivity contribution in [2.45, 2.75) is 38.6 Å². The van der Waals surface area contributed by atoms with Gasteiger partial charge in [-0.15, -0.1) is 0 Å². The van der Waals surface area contributed by atoms with E-state index >= 15 is 0 Å². The van der Waals surface area contributed by atoms with Crippen molar-refractivity contribution >= 4 is 50.5 Å². The van der Waals surface area contributed by atoms with Gasteiger partial charge >= 0.3 is 0 Å². The van der Waals surface area contributed by atoms with Gasteiger partial charge in [0.2, 0.25) is 5.91 Å². The minimum absolute atomic E-state index is 0.208. The van der Waals surface area contributed by atoms with E-state index in [0.29, 0.717) is 6.42 Å². The Kier molecular flexibility index (Phi) is 13.3. The van der Waals surface area contributed by atoms with Crippen molar-refractivity contribution in [3.05, 3.63) is 95.6 Å². The lowest BCUT2D eigenvalue weighted by atomic mass is 9.95. The lowest BCUT2D eigenvalue weighted by Crippen LogP contribution is -2.40. The topological polar surface area (TPSA) is 113 Å². The Labute approximate surface area is 274 Å². The van der Waals surface area contributed by atoms with E-state index in [0.717, 1.165) is 52.3 Å². The highest BCUT2D eigenvalue weighted by Gasteiger charge is 2.18. The molecule has 0 heterocycles. The summed E-state index contributed by atoms with van der Waals surface area (Å²) in [6.07, 6.45) is 14.2. The predicted octanol–water partition coefficient (Wildman–Crippen LogP) is 4.67. The minimum Gasteiger partial charge on any atom is -0.748 e. The van der Waals surface area contributed by atoms with Crippen LogP contribution in [0.15, 0.2) is 84.5 Å². The number of hydrogen-bond donors (Lipinski definition) is 1. The molecule has 10 heteroatoms. The fourth-order valence-corrected chi connectivity index (χ4v) is 5.45. The third-order valence-corrected chi connectivity index (χ3v) is 8.53. The molecule has 0 saturated carbocycles. The lowest BCUT2D eigenvalue weighted by Gasteiger charge is -2.20. The zero-order valence-corrected chi connectivity index (χ0v) is 28.5. The van der Waals surface area contributed by atoms with Crippen LogP contribution < -0.4 is 15.1 Å². The molecule has 1 unspecified atom stereocenters. The molecule has 0 spiro atoms. The number of amides is 1. The number of unbranched alkanes of at least 4 members (excludes halogenated alkanes) is 1. The molecule has 246 valence electrons. The molecule has 46 heavy (non-hydrogen) atoms. The highest BCUT2D eigenvalue weighted by atomic mass is 32.2. The molecule has 0 aliphatic heterocycles. The first-order chi connectivity index (χ1) is 21.7. The molecule has 0 radical (unpaired) electrons. The Bertz CT molecular complexity index is 1610. The summed E-state index contributed by atoms with van der Waals surface area (Å²) in [5.74, 6) is -1.39. The number of benzene rings is 2. The van der Waals surface area contributed by atoms with Gasteiger partial charge in [0, 0.05) is 63.4 Å². The second-order valence-electron chi connectivity index (χ2n) is 11.9. The van der Waals surface area contributed by atoms with Crippen LogP contribution in [0.25, 0.3) is 11.6 Å². The van der Waals surface area contributed by atoms with Crippen LogP contribution in [0.3, 0.4) is 0 Å². The number of nitrogens with one attached hydrogen (secondary N) is 1. The summed E-state index contributed by atoms with van der Waals surface area (Å²) in [6, 6.07) is 15.9. The third kappa shape index (κ3) is 11.6. The van der Waals surface area contributed by atoms with Crippen LogP contribution in [-0.2, 0) is 19.7 Å². The van der Waals surface area contributed by atoms with E-state index in [1.165, 1.54) is 6.92 Å². The predicted molar refractivity (Wildman–Crippen MR) is 187 cm³/mol. The normalized spacial score (nSPS) is 13.5. The van der Waals surface area contributed by atoms with Crippen molar-refractivity contribution in [3.63, 3.8) is 0 Å². The monoisotopic (exact) mass is 646 g/mol. The first kappa shape index (κ1) is 36.2. The van der Waals surface area contributed by atoms with Gasteiger partial charge in [0.25, 0.3) is 0 Å². The molecule has 2 aromatic carbocycles. The summed E-state index contributed by atoms with van der Waals surface area (Å²) >= 11 is 0. The summed E-state index contributed by atoms with van der Waals surface area (Å²) in [5, 5.41) is 2.55. The number of ketones is 1. The van der Waals surface area contributed by atoms with Crippen LogP contribution in [0.2, 0.25) is 0 Å². The number of Topliss-reactive ketones (excluding diaryl/α,β-unsaturated/α-hetero) is 1. The molecule has 2 aromatic rings. The number of carbonyl (C=O) groups excluding carboxylic acids is 2. The van der Waals surface area contributed by atoms with E-state index in [1.807, 2.05) is 35.2 Å².